The van der Waals surface area contributed by atoms with E-state index < -0.39 is 17.1 Å². The van der Waals surface area contributed by atoms with Crippen molar-refractivity contribution < 1.29 is 27.8 Å². The molecule has 1 aliphatic rings. The maximum absolute atomic E-state index is 12.3. The van der Waals surface area contributed by atoms with Gasteiger partial charge in [-0.25, -0.2) is 15.0 Å². The van der Waals surface area contributed by atoms with Crippen LogP contribution in [0.5, 0.6) is 0 Å². The first kappa shape index (κ1) is 24.1. The van der Waals surface area contributed by atoms with Crippen LogP contribution in [0.15, 0.2) is 39.9 Å². The number of halogens is 3. The number of allylic oxidation sites excluding steroid dienone is 4. The van der Waals surface area contributed by atoms with E-state index in [4.69, 9.17) is 0 Å². The zero-order valence-electron chi connectivity index (χ0n) is 17.3. The van der Waals surface area contributed by atoms with Gasteiger partial charge in [-0.2, -0.15) is 0 Å². The van der Waals surface area contributed by atoms with Crippen LogP contribution < -0.4 is 5.32 Å². The molecule has 0 bridgehead atoms. The number of aliphatic carboxylic acids is 1. The molecule has 0 amide bonds. The third-order valence-electron chi connectivity index (χ3n) is 4.39. The van der Waals surface area contributed by atoms with Crippen LogP contribution in [0, 0.1) is 0 Å². The number of thiazole rings is 1. The molecular weight excluding hydrogens is 465 g/mol. The molecule has 12 heteroatoms. The number of carbonyl (C=O) groups is 1. The Labute approximate surface area is 190 Å². The highest BCUT2D eigenvalue weighted by atomic mass is 32.2. The number of hydrogen-bond acceptors (Lipinski definition) is 8. The number of hydrogen-bond donors (Lipinski definition) is 2. The fourth-order valence-corrected chi connectivity index (χ4v) is 4.93. The summed E-state index contributed by atoms with van der Waals surface area (Å²) in [4.78, 5) is 24.3. The van der Waals surface area contributed by atoms with E-state index in [1.165, 1.54) is 29.2 Å². The molecule has 0 unspecified atom stereocenters. The number of thioether (sulfide) groups is 1. The van der Waals surface area contributed by atoms with Crippen LogP contribution in [0.4, 0.5) is 19.1 Å². The Bertz CT molecular complexity index is 1040. The normalized spacial score (nSPS) is 14.5. The van der Waals surface area contributed by atoms with Crippen molar-refractivity contribution in [3.8, 4) is 0 Å². The molecule has 2 aromatic heterocycles. The van der Waals surface area contributed by atoms with Crippen molar-refractivity contribution in [2.24, 2.45) is 0 Å². The second-order valence-corrected chi connectivity index (χ2v) is 10.1. The molecule has 32 heavy (non-hydrogen) atoms. The van der Waals surface area contributed by atoms with E-state index in [9.17, 15) is 23.1 Å². The topological polar surface area (TPSA) is 97.2 Å². The van der Waals surface area contributed by atoms with Gasteiger partial charge in [0.1, 0.15) is 10.5 Å². The number of alkyl halides is 3. The van der Waals surface area contributed by atoms with Gasteiger partial charge in [0.25, 0.3) is 0 Å². The summed E-state index contributed by atoms with van der Waals surface area (Å²) in [7, 11) is 0. The average molecular weight is 487 g/mol. The smallest absolute Gasteiger partial charge is 0.480 e. The van der Waals surface area contributed by atoms with Gasteiger partial charge in [0, 0.05) is 31.0 Å². The van der Waals surface area contributed by atoms with E-state index in [1.807, 2.05) is 5.38 Å². The lowest BCUT2D eigenvalue weighted by atomic mass is 10.0. The van der Waals surface area contributed by atoms with Gasteiger partial charge in [-0.15, -0.1) is 24.5 Å². The van der Waals surface area contributed by atoms with E-state index in [-0.39, 0.29) is 12.2 Å². The van der Waals surface area contributed by atoms with Crippen molar-refractivity contribution >= 4 is 40.6 Å². The number of carboxylic acids is 1. The second-order valence-electron chi connectivity index (χ2n) is 7.34. The van der Waals surface area contributed by atoms with Crippen LogP contribution >= 0.6 is 23.1 Å². The molecule has 0 fully saturated rings. The molecule has 1 aliphatic carbocycles. The van der Waals surface area contributed by atoms with Gasteiger partial charge in [0.15, 0.2) is 4.34 Å². The number of carboxylic acid groups (broad SMARTS) is 1. The van der Waals surface area contributed by atoms with E-state index in [0.717, 1.165) is 11.3 Å². The lowest BCUT2D eigenvalue weighted by Crippen LogP contribution is -2.26. The minimum atomic E-state index is -4.69. The van der Waals surface area contributed by atoms with Crippen LogP contribution in [-0.2, 0) is 16.0 Å². The lowest BCUT2D eigenvalue weighted by molar-refractivity contribution is -0.306. The van der Waals surface area contributed by atoms with Gasteiger partial charge in [0.2, 0.25) is 5.95 Å². The zero-order chi connectivity index (χ0) is 23.4. The number of ether oxygens (including phenoxy) is 1. The molecule has 0 saturated carbocycles. The fourth-order valence-electron chi connectivity index (χ4n) is 2.70. The summed E-state index contributed by atoms with van der Waals surface area (Å²) in [6, 6.07) is 1.70. The summed E-state index contributed by atoms with van der Waals surface area (Å²) in [6.45, 7) is 3.78. The Kier molecular flexibility index (Phi) is 7.44. The summed E-state index contributed by atoms with van der Waals surface area (Å²) in [5.41, 5.74) is 2.26. The number of nitrogens with zero attached hydrogens (tertiary/aromatic N) is 3. The van der Waals surface area contributed by atoms with E-state index in [0.29, 0.717) is 35.4 Å². The molecule has 0 spiro atoms. The number of nitrogens with one attached hydrogen (secondary N) is 1. The molecule has 2 N–H and O–H groups in total. The van der Waals surface area contributed by atoms with Gasteiger partial charge in [-0.05, 0) is 38.0 Å². The predicted octanol–water partition coefficient (Wildman–Crippen LogP) is 5.14. The molecule has 7 nitrogen and oxygen atoms in total. The zero-order valence-corrected chi connectivity index (χ0v) is 18.9. The molecule has 0 aliphatic heterocycles. The third-order valence-corrected chi connectivity index (χ3v) is 6.57. The molecule has 3 rings (SSSR count). The van der Waals surface area contributed by atoms with Gasteiger partial charge in [-0.1, -0.05) is 17.8 Å². The summed E-state index contributed by atoms with van der Waals surface area (Å²) in [5.74, 6) is -0.617. The monoisotopic (exact) mass is 486 g/mol. The largest absolute Gasteiger partial charge is 0.572 e. The van der Waals surface area contributed by atoms with Crippen LogP contribution in [-0.4, -0.2) is 43.7 Å². The van der Waals surface area contributed by atoms with E-state index >= 15 is 0 Å². The van der Waals surface area contributed by atoms with Crippen molar-refractivity contribution in [1.29, 1.82) is 0 Å². The number of rotatable bonds is 9. The van der Waals surface area contributed by atoms with Crippen molar-refractivity contribution in [3.05, 3.63) is 46.9 Å². The lowest BCUT2D eigenvalue weighted by Gasteiger charge is -2.17. The van der Waals surface area contributed by atoms with Crippen LogP contribution in [0.1, 0.15) is 38.1 Å². The first-order valence-electron chi connectivity index (χ1n) is 9.61. The molecule has 0 radical (unpaired) electrons. The first-order chi connectivity index (χ1) is 15.0. The van der Waals surface area contributed by atoms with Crippen molar-refractivity contribution in [2.45, 2.75) is 48.6 Å². The molecule has 2 aromatic rings. The van der Waals surface area contributed by atoms with Gasteiger partial charge in [0.05, 0.1) is 11.4 Å². The van der Waals surface area contributed by atoms with E-state index in [1.54, 1.807) is 32.2 Å². The standard InChI is InChI=1S/C20H21F3N4O3S2/c1-19(2,16(28)29)32-18-26-13(11-31-18)7-9-24-17-25-10-8-15(27-17)12-3-5-14(6-4-12)30-20(21,22)23/h3,5,8,10-11H,4,6-7,9H2,1-2H3,(H,28,29)(H,24,25,27). The first-order valence-corrected chi connectivity index (χ1v) is 11.3. The minimum Gasteiger partial charge on any atom is -0.480 e. The highest BCUT2D eigenvalue weighted by Gasteiger charge is 2.32. The Hall–Kier alpha value is -2.60. The Morgan fingerprint density at radius 3 is 2.72 bits per heavy atom. The van der Waals surface area contributed by atoms with Crippen LogP contribution in [0.3, 0.4) is 0 Å². The number of anilines is 1. The average Bonchev–Trinajstić information content (AvgIpc) is 3.14. The fraction of sp³-hybridized carbons (Fsp3) is 0.400. The van der Waals surface area contributed by atoms with Gasteiger partial charge < -0.3 is 15.2 Å². The van der Waals surface area contributed by atoms with E-state index in [2.05, 4.69) is 25.0 Å². The van der Waals surface area contributed by atoms with Gasteiger partial charge in [-0.3, -0.25) is 4.79 Å². The quantitative estimate of drug-likeness (QED) is 0.470. The maximum atomic E-state index is 12.3. The Balaban J connectivity index is 1.55. The highest BCUT2D eigenvalue weighted by molar-refractivity contribution is 8.02. The molecule has 0 aromatic carbocycles. The SMILES string of the molecule is CC(C)(Sc1nc(CCNc2nccc(C3=CC=C(OC(F)(F)F)CC3)n2)cs1)C(=O)O. The third kappa shape index (κ3) is 6.95. The highest BCUT2D eigenvalue weighted by Crippen LogP contribution is 2.35. The van der Waals surface area contributed by atoms with Crippen LogP contribution in [0.25, 0.3) is 5.57 Å². The predicted molar refractivity (Wildman–Crippen MR) is 116 cm³/mol. The maximum Gasteiger partial charge on any atom is 0.572 e. The minimum absolute atomic E-state index is 0.124. The van der Waals surface area contributed by atoms with Crippen molar-refractivity contribution in [1.82, 2.24) is 15.0 Å². The van der Waals surface area contributed by atoms with Crippen molar-refractivity contribution in [3.63, 3.8) is 0 Å². The van der Waals surface area contributed by atoms with Crippen molar-refractivity contribution in [2.75, 3.05) is 11.9 Å². The molecule has 2 heterocycles. The summed E-state index contributed by atoms with van der Waals surface area (Å²) >= 11 is 2.61. The van der Waals surface area contributed by atoms with Crippen LogP contribution in [0.2, 0.25) is 0 Å². The molecule has 172 valence electrons. The van der Waals surface area contributed by atoms with Gasteiger partial charge >= 0.3 is 12.3 Å². The summed E-state index contributed by atoms with van der Waals surface area (Å²) in [6.07, 6.45) is 0.900. The molecular formula is C20H21F3N4O3S2. The second kappa shape index (κ2) is 9.90. The number of aromatic nitrogens is 3. The Morgan fingerprint density at radius 2 is 2.06 bits per heavy atom. The molecule has 0 atom stereocenters. The Morgan fingerprint density at radius 1 is 1.28 bits per heavy atom. The molecule has 0 saturated heterocycles. The summed E-state index contributed by atoms with van der Waals surface area (Å²) < 4.78 is 40.7. The summed E-state index contributed by atoms with van der Waals surface area (Å²) in [5, 5.41) is 14.2.